The second-order valence-electron chi connectivity index (χ2n) is 10.9. The molecule has 40 heavy (non-hydrogen) atoms. The third-order valence-corrected chi connectivity index (χ3v) is 8.15. The van der Waals surface area contributed by atoms with Gasteiger partial charge in [-0.15, -0.1) is 5.10 Å². The van der Waals surface area contributed by atoms with Gasteiger partial charge in [-0.2, -0.15) is 0 Å². The molecule has 1 N–H and O–H groups in total. The number of carbonyl (C=O) groups excluding carboxylic acids is 1. The van der Waals surface area contributed by atoms with E-state index < -0.39 is 11.9 Å². The van der Waals surface area contributed by atoms with Crippen molar-refractivity contribution < 1.29 is 19.0 Å². The summed E-state index contributed by atoms with van der Waals surface area (Å²) >= 11 is 5.96. The minimum Gasteiger partial charge on any atom is -0.388 e. The number of ether oxygens (including phenoxy) is 1. The highest BCUT2D eigenvalue weighted by molar-refractivity contribution is 6.31. The number of Topliss-reactive ketones (excluding diaryl/α,β-unsaturated/α-hetero) is 1. The highest BCUT2D eigenvalue weighted by Crippen LogP contribution is 2.42. The Morgan fingerprint density at radius 3 is 2.83 bits per heavy atom. The van der Waals surface area contributed by atoms with E-state index in [9.17, 15) is 14.3 Å². The van der Waals surface area contributed by atoms with Crippen LogP contribution in [-0.2, 0) is 11.3 Å². The van der Waals surface area contributed by atoms with Crippen molar-refractivity contribution in [1.82, 2.24) is 33.8 Å². The zero-order valence-electron chi connectivity index (χ0n) is 21.7. The fourth-order valence-electron chi connectivity index (χ4n) is 5.38. The maximum Gasteiger partial charge on any atom is 0.185 e. The molecule has 0 aromatic carbocycles. The second kappa shape index (κ2) is 9.76. The van der Waals surface area contributed by atoms with E-state index in [2.05, 4.69) is 27.6 Å². The van der Waals surface area contributed by atoms with Gasteiger partial charge in [0.05, 0.1) is 54.8 Å². The number of ketones is 1. The first-order chi connectivity index (χ1) is 19.4. The van der Waals surface area contributed by atoms with Gasteiger partial charge in [-0.1, -0.05) is 23.7 Å². The van der Waals surface area contributed by atoms with Crippen LogP contribution in [0.15, 0.2) is 43.2 Å². The third kappa shape index (κ3) is 4.47. The van der Waals surface area contributed by atoms with Gasteiger partial charge in [-0.25, -0.2) is 19.0 Å². The molecule has 2 atom stereocenters. The minimum absolute atomic E-state index is 0.00473. The lowest BCUT2D eigenvalue weighted by atomic mass is 9.93. The number of imidazole rings is 2. The van der Waals surface area contributed by atoms with Crippen LogP contribution in [0.5, 0.6) is 0 Å². The van der Waals surface area contributed by atoms with Crippen LogP contribution < -0.4 is 0 Å². The van der Waals surface area contributed by atoms with Crippen molar-refractivity contribution in [2.24, 2.45) is 5.92 Å². The molecule has 12 heteroatoms. The molecule has 1 saturated carbocycles. The van der Waals surface area contributed by atoms with E-state index in [0.29, 0.717) is 37.0 Å². The fraction of sp³-hybridized carbons (Fsp3) is 0.393. The second-order valence-corrected chi connectivity index (χ2v) is 11.3. The van der Waals surface area contributed by atoms with Crippen LogP contribution in [0, 0.1) is 11.7 Å². The number of fused-ring (bicyclic) bond motifs is 2. The third-order valence-electron chi connectivity index (χ3n) is 7.86. The van der Waals surface area contributed by atoms with Crippen molar-refractivity contribution in [3.8, 4) is 0 Å². The Morgan fingerprint density at radius 2 is 2.08 bits per heavy atom. The molecule has 5 aromatic rings. The number of aromatic nitrogens is 7. The van der Waals surface area contributed by atoms with Gasteiger partial charge in [0.15, 0.2) is 11.6 Å². The van der Waals surface area contributed by atoms with Crippen LogP contribution in [0.3, 0.4) is 0 Å². The summed E-state index contributed by atoms with van der Waals surface area (Å²) in [5, 5.41) is 19.3. The predicted octanol–water partition coefficient (Wildman–Crippen LogP) is 4.35. The van der Waals surface area contributed by atoms with E-state index in [0.717, 1.165) is 24.1 Å². The summed E-state index contributed by atoms with van der Waals surface area (Å²) in [6, 6.07) is 3.55. The first kappa shape index (κ1) is 25.3. The number of carbonyl (C=O) groups is 1. The summed E-state index contributed by atoms with van der Waals surface area (Å²) in [5.41, 5.74) is 4.42. The first-order valence-electron chi connectivity index (χ1n) is 13.4. The average Bonchev–Trinajstić information content (AvgIpc) is 3.29. The molecule has 0 amide bonds. The Balaban J connectivity index is 1.10. The summed E-state index contributed by atoms with van der Waals surface area (Å²) in [6.45, 7) is 3.22. The normalized spacial score (nSPS) is 17.4. The molecule has 0 radical (unpaired) electrons. The molecule has 0 bridgehead atoms. The van der Waals surface area contributed by atoms with Gasteiger partial charge in [0.25, 0.3) is 0 Å². The molecule has 206 valence electrons. The highest BCUT2D eigenvalue weighted by atomic mass is 35.5. The minimum atomic E-state index is -0.639. The van der Waals surface area contributed by atoms with Gasteiger partial charge in [-0.05, 0) is 36.5 Å². The Hall–Kier alpha value is -3.67. The quantitative estimate of drug-likeness (QED) is 0.265. The topological polar surface area (TPSA) is 112 Å². The average molecular weight is 564 g/mol. The van der Waals surface area contributed by atoms with E-state index in [1.807, 2.05) is 17.5 Å². The predicted molar refractivity (Wildman–Crippen MR) is 143 cm³/mol. The summed E-state index contributed by atoms with van der Waals surface area (Å²) in [7, 11) is 0. The zero-order valence-corrected chi connectivity index (χ0v) is 22.5. The molecule has 1 aliphatic heterocycles. The molecule has 7 rings (SSSR count). The van der Waals surface area contributed by atoms with E-state index in [4.69, 9.17) is 21.3 Å². The van der Waals surface area contributed by atoms with E-state index in [1.165, 1.54) is 18.0 Å². The summed E-state index contributed by atoms with van der Waals surface area (Å²) in [5.74, 6) is -0.549. The van der Waals surface area contributed by atoms with Crippen molar-refractivity contribution in [2.75, 3.05) is 13.2 Å². The summed E-state index contributed by atoms with van der Waals surface area (Å²) in [4.78, 5) is 22.2. The van der Waals surface area contributed by atoms with Gasteiger partial charge < -0.3 is 18.6 Å². The van der Waals surface area contributed by atoms with Crippen LogP contribution in [0.2, 0.25) is 5.02 Å². The van der Waals surface area contributed by atoms with Crippen LogP contribution in [0.4, 0.5) is 4.39 Å². The van der Waals surface area contributed by atoms with Gasteiger partial charge in [-0.3, -0.25) is 4.79 Å². The lowest BCUT2D eigenvalue weighted by Gasteiger charge is -2.31. The number of rotatable bonds is 9. The molecule has 1 saturated heterocycles. The summed E-state index contributed by atoms with van der Waals surface area (Å²) < 4.78 is 25.1. The SMILES string of the molecule is CC(CC(=O)c1cn(Cc2cn3cc(C4CC4)cc(C(O)C4COC4)c3n2)nn1)c1ncn2ccc(Cl)c(F)c12. The molecule has 5 aromatic heterocycles. The Kier molecular flexibility index (Phi) is 6.17. The van der Waals surface area contributed by atoms with Gasteiger partial charge in [0, 0.05) is 42.4 Å². The van der Waals surface area contributed by atoms with Crippen molar-refractivity contribution in [2.45, 2.75) is 50.7 Å². The largest absolute Gasteiger partial charge is 0.388 e. The maximum atomic E-state index is 14.7. The van der Waals surface area contributed by atoms with Gasteiger partial charge >= 0.3 is 0 Å². The molecule has 0 spiro atoms. The number of aliphatic hydroxyl groups excluding tert-OH is 1. The van der Waals surface area contributed by atoms with Crippen LogP contribution in [-0.4, -0.2) is 57.9 Å². The molecule has 2 aliphatic rings. The molecule has 6 heterocycles. The van der Waals surface area contributed by atoms with Crippen LogP contribution >= 0.6 is 11.6 Å². The van der Waals surface area contributed by atoms with E-state index >= 15 is 0 Å². The molecule has 1 aliphatic carbocycles. The van der Waals surface area contributed by atoms with Gasteiger partial charge in [0.1, 0.15) is 16.9 Å². The van der Waals surface area contributed by atoms with Crippen molar-refractivity contribution >= 4 is 28.5 Å². The van der Waals surface area contributed by atoms with Crippen molar-refractivity contribution in [3.05, 3.63) is 82.3 Å². The maximum absolute atomic E-state index is 14.7. The number of hydrogen-bond donors (Lipinski definition) is 1. The number of hydrogen-bond acceptors (Lipinski definition) is 7. The summed E-state index contributed by atoms with van der Waals surface area (Å²) in [6.07, 6.45) is 10.5. The molecular weight excluding hydrogens is 537 g/mol. The Morgan fingerprint density at radius 1 is 1.25 bits per heavy atom. The standard InChI is InChI=1S/C28H27ClFN7O3/c1-15(25-26-24(30)21(29)4-5-35(26)14-31-25)6-23(38)22-11-37(34-33-22)10-19-9-36-8-17(16-2-3-16)7-20(28(36)32-19)27(39)18-12-40-13-18/h4-5,7-9,11,14-16,18,27,39H,2-3,6,10,12-13H2,1H3. The van der Waals surface area contributed by atoms with Crippen molar-refractivity contribution in [3.63, 3.8) is 0 Å². The van der Waals surface area contributed by atoms with E-state index in [1.54, 1.807) is 21.5 Å². The lowest BCUT2D eigenvalue weighted by Crippen LogP contribution is -2.33. The fourth-order valence-corrected chi connectivity index (χ4v) is 5.52. The highest BCUT2D eigenvalue weighted by Gasteiger charge is 2.32. The monoisotopic (exact) mass is 563 g/mol. The molecular formula is C28H27ClFN7O3. The number of halogens is 2. The molecule has 10 nitrogen and oxygen atoms in total. The van der Waals surface area contributed by atoms with E-state index in [-0.39, 0.29) is 40.3 Å². The molecule has 2 fully saturated rings. The van der Waals surface area contributed by atoms with Crippen LogP contribution in [0.1, 0.15) is 77.1 Å². The van der Waals surface area contributed by atoms with Crippen molar-refractivity contribution in [1.29, 1.82) is 0 Å². The Labute approximate surface area is 233 Å². The zero-order chi connectivity index (χ0) is 27.5. The Bertz CT molecular complexity index is 1750. The lowest BCUT2D eigenvalue weighted by molar-refractivity contribution is -0.0921. The van der Waals surface area contributed by atoms with Crippen LogP contribution in [0.25, 0.3) is 11.2 Å². The molecule has 2 unspecified atom stereocenters. The number of pyridine rings is 2. The number of nitrogens with zero attached hydrogens (tertiary/aromatic N) is 7. The van der Waals surface area contributed by atoms with Gasteiger partial charge in [0.2, 0.25) is 0 Å². The first-order valence-corrected chi connectivity index (χ1v) is 13.7. The smallest absolute Gasteiger partial charge is 0.185 e. The number of aliphatic hydroxyl groups is 1.